The van der Waals surface area contributed by atoms with Crippen LogP contribution in [-0.2, 0) is 4.79 Å². The Labute approximate surface area is 108 Å². The Morgan fingerprint density at radius 3 is 2.82 bits per heavy atom. The highest BCUT2D eigenvalue weighted by Crippen LogP contribution is 2.43. The summed E-state index contributed by atoms with van der Waals surface area (Å²) in [5.74, 6) is 1.44. The van der Waals surface area contributed by atoms with Crippen molar-refractivity contribution >= 4 is 17.7 Å². The first-order valence-electron chi connectivity index (χ1n) is 6.78. The molecule has 2 aliphatic rings. The summed E-state index contributed by atoms with van der Waals surface area (Å²) in [7, 11) is 0. The standard InChI is InChI=1S/C13H24N2OS/c1-2-11-9-15(6-7-17-11)12(16)8-13(10-14)4-3-5-13/h11H,2-10,14H2,1H3. The van der Waals surface area contributed by atoms with Gasteiger partial charge in [0.2, 0.25) is 5.91 Å². The van der Waals surface area contributed by atoms with E-state index in [1.165, 1.54) is 6.42 Å². The van der Waals surface area contributed by atoms with Crippen LogP contribution in [0, 0.1) is 5.41 Å². The first-order valence-corrected chi connectivity index (χ1v) is 7.83. The average Bonchev–Trinajstić information content (AvgIpc) is 2.33. The lowest BCUT2D eigenvalue weighted by Crippen LogP contribution is -2.47. The molecule has 3 nitrogen and oxygen atoms in total. The van der Waals surface area contributed by atoms with Gasteiger partial charge in [-0.3, -0.25) is 4.79 Å². The minimum atomic E-state index is 0.156. The molecule has 0 radical (unpaired) electrons. The van der Waals surface area contributed by atoms with Gasteiger partial charge in [-0.25, -0.2) is 0 Å². The Bertz CT molecular complexity index is 273. The van der Waals surface area contributed by atoms with E-state index in [0.717, 1.165) is 38.1 Å². The summed E-state index contributed by atoms with van der Waals surface area (Å²) in [5.41, 5.74) is 5.98. The summed E-state index contributed by atoms with van der Waals surface area (Å²) in [6, 6.07) is 0. The van der Waals surface area contributed by atoms with E-state index in [-0.39, 0.29) is 5.41 Å². The summed E-state index contributed by atoms with van der Waals surface area (Å²) in [6.45, 7) is 4.76. The molecule has 1 saturated heterocycles. The summed E-state index contributed by atoms with van der Waals surface area (Å²) < 4.78 is 0. The van der Waals surface area contributed by atoms with Crippen molar-refractivity contribution in [3.8, 4) is 0 Å². The third kappa shape index (κ3) is 2.97. The Balaban J connectivity index is 1.86. The van der Waals surface area contributed by atoms with E-state index in [2.05, 4.69) is 11.8 Å². The van der Waals surface area contributed by atoms with Crippen LogP contribution in [0.15, 0.2) is 0 Å². The normalized spacial score (nSPS) is 27.6. The second kappa shape index (κ2) is 5.61. The number of amides is 1. The Morgan fingerprint density at radius 1 is 1.53 bits per heavy atom. The maximum atomic E-state index is 12.3. The molecule has 4 heteroatoms. The fourth-order valence-electron chi connectivity index (χ4n) is 2.76. The van der Waals surface area contributed by atoms with Crippen LogP contribution in [0.4, 0.5) is 0 Å². The zero-order valence-electron chi connectivity index (χ0n) is 10.8. The summed E-state index contributed by atoms with van der Waals surface area (Å²) >= 11 is 2.01. The molecule has 2 rings (SSSR count). The Hall–Kier alpha value is -0.220. The molecule has 2 fully saturated rings. The molecule has 0 aromatic carbocycles. The number of nitrogens with zero attached hydrogens (tertiary/aromatic N) is 1. The predicted molar refractivity (Wildman–Crippen MR) is 73.1 cm³/mol. The van der Waals surface area contributed by atoms with Crippen molar-refractivity contribution < 1.29 is 4.79 Å². The van der Waals surface area contributed by atoms with Crippen LogP contribution in [0.3, 0.4) is 0 Å². The topological polar surface area (TPSA) is 46.3 Å². The van der Waals surface area contributed by atoms with Crippen LogP contribution in [0.25, 0.3) is 0 Å². The number of thioether (sulfide) groups is 1. The van der Waals surface area contributed by atoms with Crippen molar-refractivity contribution in [2.24, 2.45) is 11.1 Å². The molecule has 0 spiro atoms. The second-order valence-electron chi connectivity index (χ2n) is 5.48. The molecule has 98 valence electrons. The van der Waals surface area contributed by atoms with E-state index in [1.807, 2.05) is 11.8 Å². The minimum absolute atomic E-state index is 0.156. The average molecular weight is 256 g/mol. The van der Waals surface area contributed by atoms with Crippen LogP contribution in [0.1, 0.15) is 39.0 Å². The molecular weight excluding hydrogens is 232 g/mol. The number of rotatable bonds is 4. The third-order valence-electron chi connectivity index (χ3n) is 4.32. The van der Waals surface area contributed by atoms with Gasteiger partial charge in [0.15, 0.2) is 0 Å². The van der Waals surface area contributed by atoms with Crippen molar-refractivity contribution in [3.63, 3.8) is 0 Å². The van der Waals surface area contributed by atoms with E-state index < -0.39 is 0 Å². The molecular formula is C13H24N2OS. The number of hydrogen-bond donors (Lipinski definition) is 1. The van der Waals surface area contributed by atoms with Crippen LogP contribution in [-0.4, -0.2) is 41.4 Å². The lowest BCUT2D eigenvalue weighted by Gasteiger charge is -2.42. The molecule has 1 aliphatic carbocycles. The van der Waals surface area contributed by atoms with Gasteiger partial charge < -0.3 is 10.6 Å². The van der Waals surface area contributed by atoms with Crippen LogP contribution >= 0.6 is 11.8 Å². The van der Waals surface area contributed by atoms with Gasteiger partial charge >= 0.3 is 0 Å². The molecule has 1 heterocycles. The van der Waals surface area contributed by atoms with Gasteiger partial charge in [0.05, 0.1) is 0 Å². The van der Waals surface area contributed by atoms with Crippen LogP contribution < -0.4 is 5.73 Å². The van der Waals surface area contributed by atoms with E-state index in [9.17, 15) is 4.79 Å². The van der Waals surface area contributed by atoms with Crippen LogP contribution in [0.5, 0.6) is 0 Å². The number of nitrogens with two attached hydrogens (primary N) is 1. The predicted octanol–water partition coefficient (Wildman–Crippen LogP) is 1.86. The fourth-order valence-corrected chi connectivity index (χ4v) is 3.94. The van der Waals surface area contributed by atoms with Crippen molar-refractivity contribution in [3.05, 3.63) is 0 Å². The monoisotopic (exact) mass is 256 g/mol. The van der Waals surface area contributed by atoms with Crippen molar-refractivity contribution in [1.82, 2.24) is 4.90 Å². The van der Waals surface area contributed by atoms with Crippen LogP contribution in [0.2, 0.25) is 0 Å². The molecule has 0 aromatic rings. The highest BCUT2D eigenvalue weighted by Gasteiger charge is 2.39. The van der Waals surface area contributed by atoms with E-state index in [1.54, 1.807) is 0 Å². The first-order chi connectivity index (χ1) is 8.19. The molecule has 1 atom stereocenters. The lowest BCUT2D eigenvalue weighted by molar-refractivity contribution is -0.135. The number of hydrogen-bond acceptors (Lipinski definition) is 3. The maximum absolute atomic E-state index is 12.3. The lowest BCUT2D eigenvalue weighted by atomic mass is 9.66. The van der Waals surface area contributed by atoms with Gasteiger partial charge in [0, 0.05) is 30.5 Å². The maximum Gasteiger partial charge on any atom is 0.223 e. The van der Waals surface area contributed by atoms with E-state index in [4.69, 9.17) is 5.73 Å². The number of carbonyl (C=O) groups excluding carboxylic acids is 1. The zero-order chi connectivity index (χ0) is 12.3. The molecule has 1 saturated carbocycles. The molecule has 1 amide bonds. The van der Waals surface area contributed by atoms with E-state index >= 15 is 0 Å². The molecule has 1 unspecified atom stereocenters. The SMILES string of the molecule is CCC1CN(C(=O)CC2(CN)CCC2)CCS1. The van der Waals surface area contributed by atoms with Crippen molar-refractivity contribution in [1.29, 1.82) is 0 Å². The summed E-state index contributed by atoms with van der Waals surface area (Å²) in [4.78, 5) is 14.4. The Morgan fingerprint density at radius 2 is 2.29 bits per heavy atom. The quantitative estimate of drug-likeness (QED) is 0.835. The highest BCUT2D eigenvalue weighted by atomic mass is 32.2. The van der Waals surface area contributed by atoms with Gasteiger partial charge in [0.1, 0.15) is 0 Å². The number of carbonyl (C=O) groups is 1. The van der Waals surface area contributed by atoms with Gasteiger partial charge in [-0.05, 0) is 31.2 Å². The zero-order valence-corrected chi connectivity index (χ0v) is 11.6. The highest BCUT2D eigenvalue weighted by molar-refractivity contribution is 8.00. The summed E-state index contributed by atoms with van der Waals surface area (Å²) in [6.07, 6.45) is 5.39. The minimum Gasteiger partial charge on any atom is -0.341 e. The van der Waals surface area contributed by atoms with Gasteiger partial charge in [-0.2, -0.15) is 11.8 Å². The molecule has 2 N–H and O–H groups in total. The molecule has 0 aromatic heterocycles. The second-order valence-corrected chi connectivity index (χ2v) is 6.88. The van der Waals surface area contributed by atoms with Gasteiger partial charge in [-0.15, -0.1) is 0 Å². The van der Waals surface area contributed by atoms with Crippen molar-refractivity contribution in [2.75, 3.05) is 25.4 Å². The summed E-state index contributed by atoms with van der Waals surface area (Å²) in [5, 5.41) is 0.642. The molecule has 17 heavy (non-hydrogen) atoms. The molecule has 0 bridgehead atoms. The fraction of sp³-hybridized carbons (Fsp3) is 0.923. The van der Waals surface area contributed by atoms with Crippen molar-refractivity contribution in [2.45, 2.75) is 44.3 Å². The van der Waals surface area contributed by atoms with Gasteiger partial charge in [0.25, 0.3) is 0 Å². The Kier molecular flexibility index (Phi) is 4.36. The first kappa shape index (κ1) is 13.2. The van der Waals surface area contributed by atoms with Gasteiger partial charge in [-0.1, -0.05) is 13.3 Å². The smallest absolute Gasteiger partial charge is 0.223 e. The van der Waals surface area contributed by atoms with E-state index in [0.29, 0.717) is 24.1 Å². The molecule has 1 aliphatic heterocycles. The third-order valence-corrected chi connectivity index (χ3v) is 5.69. The largest absolute Gasteiger partial charge is 0.341 e.